The van der Waals surface area contributed by atoms with Crippen molar-refractivity contribution in [2.24, 2.45) is 12.8 Å². The van der Waals surface area contributed by atoms with Gasteiger partial charge in [0.15, 0.2) is 0 Å². The highest BCUT2D eigenvalue weighted by Crippen LogP contribution is 2.39. The van der Waals surface area contributed by atoms with Gasteiger partial charge in [-0.1, -0.05) is 48.5 Å². The molecule has 3 aromatic heterocycles. The Kier molecular flexibility index (Phi) is 5.56. The van der Waals surface area contributed by atoms with Crippen molar-refractivity contribution in [3.05, 3.63) is 121 Å². The number of imidazole rings is 1. The van der Waals surface area contributed by atoms with E-state index in [0.29, 0.717) is 17.8 Å². The number of para-hydroxylation sites is 2. The maximum atomic E-state index is 12.3. The zero-order chi connectivity index (χ0) is 27.2. The highest BCUT2D eigenvalue weighted by molar-refractivity contribution is 6.16. The van der Waals surface area contributed by atoms with E-state index in [1.54, 1.807) is 12.4 Å². The number of nitrogens with two attached hydrogens (primary N) is 1. The van der Waals surface area contributed by atoms with Crippen LogP contribution in [0.5, 0.6) is 0 Å². The number of aryl methyl sites for hydroxylation is 1. The number of primary amides is 1. The number of amides is 1. The summed E-state index contributed by atoms with van der Waals surface area (Å²) < 4.78 is 4.13. The SMILES string of the molecule is Cn1cnc(CNc2cc(-n3c4ccccc4c4c(-c5cnc6ccccc6c5)cccc43)ccc2C(N)=O)c1. The van der Waals surface area contributed by atoms with E-state index < -0.39 is 5.91 Å². The molecule has 194 valence electrons. The first kappa shape index (κ1) is 23.7. The van der Waals surface area contributed by atoms with Gasteiger partial charge in [0.2, 0.25) is 0 Å². The lowest BCUT2D eigenvalue weighted by molar-refractivity contribution is 0.100. The fourth-order valence-electron chi connectivity index (χ4n) is 5.53. The van der Waals surface area contributed by atoms with Gasteiger partial charge in [0.25, 0.3) is 5.91 Å². The van der Waals surface area contributed by atoms with Gasteiger partial charge < -0.3 is 20.2 Å². The third kappa shape index (κ3) is 3.96. The maximum absolute atomic E-state index is 12.3. The van der Waals surface area contributed by atoms with Crippen molar-refractivity contribution in [1.29, 1.82) is 0 Å². The van der Waals surface area contributed by atoms with Crippen LogP contribution in [0.2, 0.25) is 0 Å². The molecular weight excluding hydrogens is 496 g/mol. The molecule has 0 bridgehead atoms. The second kappa shape index (κ2) is 9.39. The third-order valence-electron chi connectivity index (χ3n) is 7.34. The first-order valence-electron chi connectivity index (χ1n) is 13.1. The minimum absolute atomic E-state index is 0.434. The predicted octanol–water partition coefficient (Wildman–Crippen LogP) is 6.44. The summed E-state index contributed by atoms with van der Waals surface area (Å²) in [4.78, 5) is 21.4. The summed E-state index contributed by atoms with van der Waals surface area (Å²) >= 11 is 0. The summed E-state index contributed by atoms with van der Waals surface area (Å²) in [7, 11) is 1.93. The molecule has 40 heavy (non-hydrogen) atoms. The van der Waals surface area contributed by atoms with Crippen LogP contribution in [0.3, 0.4) is 0 Å². The lowest BCUT2D eigenvalue weighted by Gasteiger charge is -2.14. The smallest absolute Gasteiger partial charge is 0.250 e. The molecule has 0 aliphatic rings. The van der Waals surface area contributed by atoms with E-state index in [1.807, 2.05) is 60.4 Å². The second-order valence-corrected chi connectivity index (χ2v) is 9.95. The average molecular weight is 523 g/mol. The minimum atomic E-state index is -0.483. The van der Waals surface area contributed by atoms with E-state index >= 15 is 0 Å². The molecule has 7 heteroatoms. The van der Waals surface area contributed by atoms with Gasteiger partial charge in [0.05, 0.1) is 40.7 Å². The number of aromatic nitrogens is 4. The minimum Gasteiger partial charge on any atom is -0.379 e. The van der Waals surface area contributed by atoms with Gasteiger partial charge in [-0.25, -0.2) is 4.98 Å². The van der Waals surface area contributed by atoms with Gasteiger partial charge >= 0.3 is 0 Å². The summed E-state index contributed by atoms with van der Waals surface area (Å²) in [6.45, 7) is 0.469. The van der Waals surface area contributed by atoms with Gasteiger partial charge in [-0.05, 0) is 48.0 Å². The van der Waals surface area contributed by atoms with E-state index in [4.69, 9.17) is 10.7 Å². The molecule has 7 rings (SSSR count). The number of fused-ring (bicyclic) bond motifs is 4. The number of benzene rings is 4. The Bertz CT molecular complexity index is 2070. The molecule has 0 fully saturated rings. The topological polar surface area (TPSA) is 90.8 Å². The Balaban J connectivity index is 1.42. The fourth-order valence-corrected chi connectivity index (χ4v) is 5.53. The molecule has 0 saturated carbocycles. The van der Waals surface area contributed by atoms with Crippen LogP contribution >= 0.6 is 0 Å². The number of carbonyl (C=O) groups is 1. The van der Waals surface area contributed by atoms with Gasteiger partial charge in [-0.15, -0.1) is 0 Å². The van der Waals surface area contributed by atoms with Crippen LogP contribution in [0, 0.1) is 0 Å². The summed E-state index contributed by atoms with van der Waals surface area (Å²) in [6.07, 6.45) is 5.64. The van der Waals surface area contributed by atoms with Crippen molar-refractivity contribution in [3.63, 3.8) is 0 Å². The molecule has 7 aromatic rings. The Labute approximate surface area is 230 Å². The molecule has 0 spiro atoms. The number of hydrogen-bond donors (Lipinski definition) is 2. The van der Waals surface area contributed by atoms with Crippen LogP contribution in [0.15, 0.2) is 110 Å². The highest BCUT2D eigenvalue weighted by Gasteiger charge is 2.18. The van der Waals surface area contributed by atoms with Crippen molar-refractivity contribution in [2.45, 2.75) is 6.54 Å². The summed E-state index contributed by atoms with van der Waals surface area (Å²) in [6, 6.07) is 30.9. The maximum Gasteiger partial charge on any atom is 0.250 e. The van der Waals surface area contributed by atoms with E-state index in [1.165, 1.54) is 0 Å². The lowest BCUT2D eigenvalue weighted by atomic mass is 9.99. The number of hydrogen-bond acceptors (Lipinski definition) is 4. The summed E-state index contributed by atoms with van der Waals surface area (Å²) in [5, 5.41) is 6.77. The molecule has 0 atom stereocenters. The molecule has 4 aromatic carbocycles. The van der Waals surface area contributed by atoms with Crippen LogP contribution in [-0.4, -0.2) is 25.0 Å². The largest absolute Gasteiger partial charge is 0.379 e. The van der Waals surface area contributed by atoms with Crippen molar-refractivity contribution in [3.8, 4) is 16.8 Å². The van der Waals surface area contributed by atoms with Crippen molar-refractivity contribution in [1.82, 2.24) is 19.1 Å². The molecule has 0 unspecified atom stereocenters. The van der Waals surface area contributed by atoms with Gasteiger partial charge in [0, 0.05) is 52.5 Å². The lowest BCUT2D eigenvalue weighted by Crippen LogP contribution is -2.15. The first-order valence-corrected chi connectivity index (χ1v) is 13.1. The fraction of sp³-hybridized carbons (Fsp3) is 0.0606. The van der Waals surface area contributed by atoms with Crippen LogP contribution in [0.4, 0.5) is 5.69 Å². The Morgan fingerprint density at radius 2 is 1.73 bits per heavy atom. The molecule has 0 aliphatic heterocycles. The molecular formula is C33H26N6O. The zero-order valence-electron chi connectivity index (χ0n) is 21.9. The van der Waals surface area contributed by atoms with Crippen molar-refractivity contribution >= 4 is 44.3 Å². The standard InChI is InChI=1S/C33H26N6O/c1-38-19-23(37-20-38)18-36-29-16-24(13-14-26(29)33(34)40)39-30-11-5-3-8-27(30)32-25(9-6-12-31(32)39)22-15-21-7-2-4-10-28(21)35-17-22/h2-17,19-20,36H,18H2,1H3,(H2,34,40). The van der Waals surface area contributed by atoms with E-state index in [0.717, 1.165) is 55.2 Å². The number of pyridine rings is 1. The molecule has 3 N–H and O–H groups in total. The second-order valence-electron chi connectivity index (χ2n) is 9.95. The molecule has 1 amide bonds. The van der Waals surface area contributed by atoms with Gasteiger partial charge in [-0.2, -0.15) is 0 Å². The van der Waals surface area contributed by atoms with Crippen molar-refractivity contribution in [2.75, 3.05) is 5.32 Å². The molecule has 0 aliphatic carbocycles. The van der Waals surface area contributed by atoms with E-state index in [2.05, 4.69) is 63.4 Å². The van der Waals surface area contributed by atoms with Crippen LogP contribution < -0.4 is 11.1 Å². The molecule has 3 heterocycles. The van der Waals surface area contributed by atoms with Crippen molar-refractivity contribution < 1.29 is 4.79 Å². The number of carbonyl (C=O) groups excluding carboxylic acids is 1. The molecule has 0 radical (unpaired) electrons. The predicted molar refractivity (Wildman–Crippen MR) is 161 cm³/mol. The summed E-state index contributed by atoms with van der Waals surface area (Å²) in [5.74, 6) is -0.483. The zero-order valence-corrected chi connectivity index (χ0v) is 21.9. The normalized spacial score (nSPS) is 11.4. The Hall–Kier alpha value is -5.43. The van der Waals surface area contributed by atoms with E-state index in [-0.39, 0.29) is 0 Å². The number of nitrogens with zero attached hydrogens (tertiary/aromatic N) is 4. The third-order valence-corrected chi connectivity index (χ3v) is 7.34. The summed E-state index contributed by atoms with van der Waals surface area (Å²) in [5.41, 5.74) is 13.9. The molecule has 7 nitrogen and oxygen atoms in total. The molecule has 0 saturated heterocycles. The van der Waals surface area contributed by atoms with Gasteiger partial charge in [0.1, 0.15) is 0 Å². The van der Waals surface area contributed by atoms with Crippen LogP contribution in [0.25, 0.3) is 49.5 Å². The van der Waals surface area contributed by atoms with E-state index in [9.17, 15) is 4.79 Å². The highest BCUT2D eigenvalue weighted by atomic mass is 16.1. The number of rotatable bonds is 6. The number of nitrogens with one attached hydrogen (secondary N) is 1. The quantitative estimate of drug-likeness (QED) is 0.263. The average Bonchev–Trinajstić information content (AvgIpc) is 3.56. The Morgan fingerprint density at radius 3 is 2.58 bits per heavy atom. The Morgan fingerprint density at radius 1 is 0.900 bits per heavy atom. The van der Waals surface area contributed by atoms with Crippen LogP contribution in [0.1, 0.15) is 16.1 Å². The monoisotopic (exact) mass is 522 g/mol. The van der Waals surface area contributed by atoms with Gasteiger partial charge in [-0.3, -0.25) is 9.78 Å². The van der Waals surface area contributed by atoms with Crippen LogP contribution in [-0.2, 0) is 13.6 Å². The first-order chi connectivity index (χ1) is 19.6. The number of anilines is 1.